The first-order valence-corrected chi connectivity index (χ1v) is 9.98. The molecular formula is C19H26N4O3S. The Hall–Kier alpha value is -2.55. The average Bonchev–Trinajstić information content (AvgIpc) is 2.62. The van der Waals surface area contributed by atoms with Crippen LogP contribution >= 0.6 is 0 Å². The lowest BCUT2D eigenvalue weighted by Crippen LogP contribution is -2.50. The summed E-state index contributed by atoms with van der Waals surface area (Å²) in [6, 6.07) is 14.3. The van der Waals surface area contributed by atoms with Gasteiger partial charge in [-0.25, -0.2) is 8.42 Å². The molecule has 0 saturated heterocycles. The molecule has 8 heteroatoms. The monoisotopic (exact) mass is 390 g/mol. The lowest BCUT2D eigenvalue weighted by molar-refractivity contribution is 0.340. The van der Waals surface area contributed by atoms with Crippen molar-refractivity contribution in [3.63, 3.8) is 0 Å². The SMILES string of the molecule is CCOc1ccc(-c2ccc(S(=O)(=O)NC(C)(C)/C(=C/N)NN)cc2)cc1. The van der Waals surface area contributed by atoms with Crippen LogP contribution in [0.3, 0.4) is 0 Å². The molecule has 0 aromatic heterocycles. The van der Waals surface area contributed by atoms with Crippen molar-refractivity contribution in [2.45, 2.75) is 31.2 Å². The minimum atomic E-state index is -3.76. The van der Waals surface area contributed by atoms with Crippen molar-refractivity contribution in [1.29, 1.82) is 0 Å². The molecule has 6 N–H and O–H groups in total. The standard InChI is InChI=1S/C19H26N4O3S/c1-4-26-16-9-5-14(6-10-16)15-7-11-17(12-8-15)27(24,25)23-19(2,3)18(13-20)22-21/h5-13,22-23H,4,20-21H2,1-3H3/b18-13-. The summed E-state index contributed by atoms with van der Waals surface area (Å²) >= 11 is 0. The Morgan fingerprint density at radius 3 is 2.04 bits per heavy atom. The number of nitrogens with two attached hydrogens (primary N) is 2. The first-order valence-electron chi connectivity index (χ1n) is 8.49. The number of rotatable bonds is 8. The smallest absolute Gasteiger partial charge is 0.241 e. The van der Waals surface area contributed by atoms with Gasteiger partial charge in [0.1, 0.15) is 5.75 Å². The van der Waals surface area contributed by atoms with Crippen LogP contribution in [0.2, 0.25) is 0 Å². The van der Waals surface area contributed by atoms with E-state index in [1.54, 1.807) is 38.1 Å². The molecule has 0 radical (unpaired) electrons. The van der Waals surface area contributed by atoms with Crippen molar-refractivity contribution in [2.75, 3.05) is 6.61 Å². The molecule has 0 saturated carbocycles. The van der Waals surface area contributed by atoms with Gasteiger partial charge in [-0.05, 0) is 56.2 Å². The highest BCUT2D eigenvalue weighted by Crippen LogP contribution is 2.25. The molecule has 0 aliphatic heterocycles. The van der Waals surface area contributed by atoms with Crippen LogP contribution in [-0.2, 0) is 10.0 Å². The summed E-state index contributed by atoms with van der Waals surface area (Å²) in [7, 11) is -3.76. The molecule has 2 aromatic carbocycles. The number of sulfonamides is 1. The fraction of sp³-hybridized carbons (Fsp3) is 0.263. The van der Waals surface area contributed by atoms with Crippen LogP contribution in [-0.4, -0.2) is 20.6 Å². The quantitative estimate of drug-likeness (QED) is 0.405. The number of hydrogen-bond acceptors (Lipinski definition) is 6. The summed E-state index contributed by atoms with van der Waals surface area (Å²) < 4.78 is 33.4. The van der Waals surface area contributed by atoms with E-state index in [1.807, 2.05) is 31.2 Å². The van der Waals surface area contributed by atoms with Crippen molar-refractivity contribution >= 4 is 10.0 Å². The van der Waals surface area contributed by atoms with Gasteiger partial charge in [0, 0.05) is 6.20 Å². The predicted molar refractivity (Wildman–Crippen MR) is 107 cm³/mol. The highest BCUT2D eigenvalue weighted by atomic mass is 32.2. The Morgan fingerprint density at radius 1 is 1.07 bits per heavy atom. The van der Waals surface area contributed by atoms with Crippen molar-refractivity contribution in [3.8, 4) is 16.9 Å². The number of hydrazine groups is 1. The van der Waals surface area contributed by atoms with Crippen LogP contribution in [0.15, 0.2) is 65.3 Å². The van der Waals surface area contributed by atoms with Crippen molar-refractivity contribution in [2.24, 2.45) is 11.6 Å². The highest BCUT2D eigenvalue weighted by Gasteiger charge is 2.29. The van der Waals surface area contributed by atoms with Gasteiger partial charge in [-0.1, -0.05) is 24.3 Å². The summed E-state index contributed by atoms with van der Waals surface area (Å²) in [6.07, 6.45) is 1.23. The summed E-state index contributed by atoms with van der Waals surface area (Å²) in [6.45, 7) is 5.86. The Kier molecular flexibility index (Phi) is 6.48. The Morgan fingerprint density at radius 2 is 1.59 bits per heavy atom. The van der Waals surface area contributed by atoms with Crippen LogP contribution < -0.4 is 26.5 Å². The maximum atomic E-state index is 12.7. The molecular weight excluding hydrogens is 364 g/mol. The van der Waals surface area contributed by atoms with E-state index < -0.39 is 15.6 Å². The zero-order chi connectivity index (χ0) is 20.1. The van der Waals surface area contributed by atoms with E-state index in [9.17, 15) is 8.42 Å². The van der Waals surface area contributed by atoms with Crippen LogP contribution in [0.4, 0.5) is 0 Å². The van der Waals surface area contributed by atoms with Gasteiger partial charge in [-0.2, -0.15) is 4.72 Å². The summed E-state index contributed by atoms with van der Waals surface area (Å²) in [5, 5.41) is 0. The molecule has 146 valence electrons. The first-order chi connectivity index (χ1) is 12.7. The zero-order valence-corrected chi connectivity index (χ0v) is 16.5. The summed E-state index contributed by atoms with van der Waals surface area (Å²) in [4.78, 5) is 0.152. The summed E-state index contributed by atoms with van der Waals surface area (Å²) in [5.74, 6) is 6.19. The molecule has 0 aliphatic carbocycles. The lowest BCUT2D eigenvalue weighted by Gasteiger charge is -2.28. The van der Waals surface area contributed by atoms with Gasteiger partial charge >= 0.3 is 0 Å². The predicted octanol–water partition coefficient (Wildman–Crippen LogP) is 2.07. The third kappa shape index (κ3) is 5.00. The molecule has 0 bridgehead atoms. The van der Waals surface area contributed by atoms with E-state index in [-0.39, 0.29) is 4.90 Å². The van der Waals surface area contributed by atoms with Crippen LogP contribution in [0.5, 0.6) is 5.75 Å². The molecule has 0 spiro atoms. The lowest BCUT2D eigenvalue weighted by atomic mass is 10.0. The van der Waals surface area contributed by atoms with Gasteiger partial charge < -0.3 is 15.9 Å². The third-order valence-electron chi connectivity index (χ3n) is 4.05. The Bertz CT molecular complexity index is 890. The second-order valence-corrected chi connectivity index (χ2v) is 8.12. The molecule has 0 heterocycles. The minimum Gasteiger partial charge on any atom is -0.494 e. The fourth-order valence-corrected chi connectivity index (χ4v) is 4.02. The molecule has 0 unspecified atom stereocenters. The van der Waals surface area contributed by atoms with E-state index in [0.29, 0.717) is 12.3 Å². The molecule has 0 fully saturated rings. The third-order valence-corrected chi connectivity index (χ3v) is 5.72. The van der Waals surface area contributed by atoms with Crippen LogP contribution in [0.1, 0.15) is 20.8 Å². The molecule has 0 amide bonds. The number of ether oxygens (including phenoxy) is 1. The summed E-state index contributed by atoms with van der Waals surface area (Å²) in [5.41, 5.74) is 9.14. The molecule has 2 aromatic rings. The molecule has 7 nitrogen and oxygen atoms in total. The number of nitrogens with one attached hydrogen (secondary N) is 2. The van der Waals surface area contributed by atoms with E-state index >= 15 is 0 Å². The maximum absolute atomic E-state index is 12.7. The number of hydrogen-bond donors (Lipinski definition) is 4. The van der Waals surface area contributed by atoms with Crippen molar-refractivity contribution in [1.82, 2.24) is 10.1 Å². The highest BCUT2D eigenvalue weighted by molar-refractivity contribution is 7.89. The topological polar surface area (TPSA) is 119 Å². The van der Waals surface area contributed by atoms with E-state index in [4.69, 9.17) is 16.3 Å². The maximum Gasteiger partial charge on any atom is 0.241 e. The molecule has 27 heavy (non-hydrogen) atoms. The van der Waals surface area contributed by atoms with Gasteiger partial charge in [0.05, 0.1) is 22.7 Å². The fourth-order valence-electron chi connectivity index (χ4n) is 2.62. The van der Waals surface area contributed by atoms with Gasteiger partial charge in [-0.15, -0.1) is 0 Å². The molecule has 0 aliphatic rings. The van der Waals surface area contributed by atoms with Gasteiger partial charge in [0.2, 0.25) is 10.0 Å². The number of benzene rings is 2. The Labute approximate surface area is 160 Å². The first kappa shape index (κ1) is 20.8. The van der Waals surface area contributed by atoms with Crippen molar-refractivity contribution in [3.05, 3.63) is 60.4 Å². The largest absolute Gasteiger partial charge is 0.494 e. The van der Waals surface area contributed by atoms with Gasteiger partial charge in [0.15, 0.2) is 0 Å². The van der Waals surface area contributed by atoms with Gasteiger partial charge in [0.25, 0.3) is 0 Å². The second-order valence-electron chi connectivity index (χ2n) is 6.44. The van der Waals surface area contributed by atoms with Crippen molar-refractivity contribution < 1.29 is 13.2 Å². The minimum absolute atomic E-state index is 0.152. The zero-order valence-electron chi connectivity index (χ0n) is 15.7. The Balaban J connectivity index is 2.23. The molecule has 0 atom stereocenters. The van der Waals surface area contributed by atoms with Crippen LogP contribution in [0.25, 0.3) is 11.1 Å². The van der Waals surface area contributed by atoms with E-state index in [0.717, 1.165) is 16.9 Å². The van der Waals surface area contributed by atoms with Crippen LogP contribution in [0, 0.1) is 0 Å². The normalized spacial score (nSPS) is 12.7. The van der Waals surface area contributed by atoms with E-state index in [1.165, 1.54) is 6.20 Å². The average molecular weight is 391 g/mol. The second kappa shape index (κ2) is 8.43. The molecule has 2 rings (SSSR count). The van der Waals surface area contributed by atoms with E-state index in [2.05, 4.69) is 10.1 Å². The van der Waals surface area contributed by atoms with Gasteiger partial charge in [-0.3, -0.25) is 5.84 Å².